The third-order valence-corrected chi connectivity index (χ3v) is 3.75. The number of piperidine rings is 1. The summed E-state index contributed by atoms with van der Waals surface area (Å²) in [5.41, 5.74) is 0.796. The summed E-state index contributed by atoms with van der Waals surface area (Å²) in [4.78, 5) is 0. The third kappa shape index (κ3) is 4.37. The van der Waals surface area contributed by atoms with Gasteiger partial charge < -0.3 is 15.5 Å². The molecule has 1 saturated heterocycles. The van der Waals surface area contributed by atoms with Crippen molar-refractivity contribution in [3.8, 4) is 5.75 Å². The second-order valence-corrected chi connectivity index (χ2v) is 5.23. The van der Waals surface area contributed by atoms with Gasteiger partial charge in [-0.3, -0.25) is 0 Å². The molecule has 1 unspecified atom stereocenters. The molecule has 0 aliphatic carbocycles. The maximum absolute atomic E-state index is 10.4. The number of halogens is 1. The van der Waals surface area contributed by atoms with E-state index in [2.05, 4.69) is 12.2 Å². The number of phenolic OH excluding ortho intramolecular Hbond substituents is 1. The highest BCUT2D eigenvalue weighted by atomic mass is 35.5. The van der Waals surface area contributed by atoms with Crippen LogP contribution in [0.3, 0.4) is 0 Å². The van der Waals surface area contributed by atoms with Gasteiger partial charge in [0, 0.05) is 12.1 Å². The zero-order chi connectivity index (χ0) is 13.0. The summed E-state index contributed by atoms with van der Waals surface area (Å²) in [6, 6.07) is 7.56. The van der Waals surface area contributed by atoms with Gasteiger partial charge in [-0.1, -0.05) is 31.9 Å². The summed E-state index contributed by atoms with van der Waals surface area (Å²) >= 11 is 0. The van der Waals surface area contributed by atoms with Crippen LogP contribution >= 0.6 is 12.4 Å². The lowest BCUT2D eigenvalue weighted by molar-refractivity contribution is 0.0996. The van der Waals surface area contributed by atoms with Crippen LogP contribution in [-0.2, 0) is 0 Å². The first-order valence-corrected chi connectivity index (χ1v) is 6.93. The maximum Gasteiger partial charge on any atom is 0.115 e. The molecule has 3 nitrogen and oxygen atoms in total. The zero-order valence-electron chi connectivity index (χ0n) is 11.4. The van der Waals surface area contributed by atoms with Crippen LogP contribution in [0, 0.1) is 0 Å². The molecule has 1 aliphatic heterocycles. The number of nitrogens with one attached hydrogen (secondary N) is 1. The molecule has 0 saturated carbocycles. The number of benzene rings is 1. The Balaban J connectivity index is 0.00000180. The molecule has 3 atom stereocenters. The van der Waals surface area contributed by atoms with Crippen LogP contribution in [0.15, 0.2) is 24.3 Å². The largest absolute Gasteiger partial charge is 0.508 e. The molecule has 108 valence electrons. The van der Waals surface area contributed by atoms with Crippen molar-refractivity contribution in [3.63, 3.8) is 0 Å². The molecule has 4 heteroatoms. The topological polar surface area (TPSA) is 52.5 Å². The quantitative estimate of drug-likeness (QED) is 0.796. The van der Waals surface area contributed by atoms with E-state index in [0.29, 0.717) is 6.04 Å². The molecule has 1 aromatic rings. The predicted molar refractivity (Wildman–Crippen MR) is 79.8 cm³/mol. The van der Waals surface area contributed by atoms with E-state index in [0.717, 1.165) is 18.4 Å². The minimum atomic E-state index is -0.531. The Labute approximate surface area is 121 Å². The van der Waals surface area contributed by atoms with Crippen LogP contribution in [0.2, 0.25) is 0 Å². The number of phenols is 1. The van der Waals surface area contributed by atoms with Gasteiger partial charge in [0.25, 0.3) is 0 Å². The zero-order valence-corrected chi connectivity index (χ0v) is 12.2. The molecule has 1 heterocycles. The van der Waals surface area contributed by atoms with Crippen molar-refractivity contribution in [2.45, 2.75) is 57.2 Å². The van der Waals surface area contributed by atoms with Gasteiger partial charge >= 0.3 is 0 Å². The maximum atomic E-state index is 10.4. The number of aliphatic hydroxyl groups is 1. The fraction of sp³-hybridized carbons (Fsp3) is 0.600. The van der Waals surface area contributed by atoms with Crippen LogP contribution in [-0.4, -0.2) is 22.3 Å². The van der Waals surface area contributed by atoms with Gasteiger partial charge in [-0.25, -0.2) is 0 Å². The Kier molecular flexibility index (Phi) is 6.63. The summed E-state index contributed by atoms with van der Waals surface area (Å²) in [7, 11) is 0. The smallest absolute Gasteiger partial charge is 0.115 e. The predicted octanol–water partition coefficient (Wildman–Crippen LogP) is 3.16. The van der Waals surface area contributed by atoms with Crippen LogP contribution in [0.5, 0.6) is 5.75 Å². The lowest BCUT2D eigenvalue weighted by Crippen LogP contribution is -2.45. The fourth-order valence-electron chi connectivity index (χ4n) is 2.82. The lowest BCUT2D eigenvalue weighted by Gasteiger charge is -2.34. The minimum absolute atomic E-state index is 0. The average Bonchev–Trinajstić information content (AvgIpc) is 2.39. The highest BCUT2D eigenvalue weighted by Gasteiger charge is 2.27. The van der Waals surface area contributed by atoms with E-state index < -0.39 is 6.10 Å². The SMILES string of the molecule is CCC[C@@H]1CCC[C@H](C(O)c2cccc(O)c2)N1.Cl. The molecular formula is C15H24ClNO2. The van der Waals surface area contributed by atoms with Crippen molar-refractivity contribution in [3.05, 3.63) is 29.8 Å². The van der Waals surface area contributed by atoms with E-state index in [1.54, 1.807) is 18.2 Å². The molecule has 0 spiro atoms. The second-order valence-electron chi connectivity index (χ2n) is 5.23. The van der Waals surface area contributed by atoms with E-state index in [1.807, 2.05) is 6.07 Å². The van der Waals surface area contributed by atoms with Crippen LogP contribution in [0.1, 0.15) is 50.7 Å². The van der Waals surface area contributed by atoms with Crippen molar-refractivity contribution in [1.82, 2.24) is 5.32 Å². The fourth-order valence-corrected chi connectivity index (χ4v) is 2.82. The van der Waals surface area contributed by atoms with Gasteiger partial charge in [0.15, 0.2) is 0 Å². The van der Waals surface area contributed by atoms with E-state index in [4.69, 9.17) is 0 Å². The molecule has 0 bridgehead atoms. The molecular weight excluding hydrogens is 262 g/mol. The Morgan fingerprint density at radius 3 is 2.84 bits per heavy atom. The molecule has 1 fully saturated rings. The standard InChI is InChI=1S/C15H23NO2.ClH/c1-2-5-12-7-4-9-14(16-12)15(18)11-6-3-8-13(17)10-11;/h3,6,8,10,12,14-18H,2,4-5,7,9H2,1H3;1H/t12-,14-,15?;/m1./s1. The van der Waals surface area contributed by atoms with Gasteiger partial charge in [-0.05, 0) is 37.0 Å². The van der Waals surface area contributed by atoms with Crippen molar-refractivity contribution < 1.29 is 10.2 Å². The number of hydrogen-bond acceptors (Lipinski definition) is 3. The van der Waals surface area contributed by atoms with Gasteiger partial charge in [0.1, 0.15) is 5.75 Å². The molecule has 1 aromatic carbocycles. The van der Waals surface area contributed by atoms with E-state index in [9.17, 15) is 10.2 Å². The van der Waals surface area contributed by atoms with Gasteiger partial charge in [-0.2, -0.15) is 0 Å². The highest BCUT2D eigenvalue weighted by Crippen LogP contribution is 2.27. The Morgan fingerprint density at radius 2 is 2.16 bits per heavy atom. The van der Waals surface area contributed by atoms with Crippen molar-refractivity contribution in [2.24, 2.45) is 0 Å². The summed E-state index contributed by atoms with van der Waals surface area (Å²) in [5.74, 6) is 0.215. The summed E-state index contributed by atoms with van der Waals surface area (Å²) in [6.45, 7) is 2.19. The molecule has 0 radical (unpaired) electrons. The lowest BCUT2D eigenvalue weighted by atomic mass is 9.90. The normalized spacial score (nSPS) is 24.5. The molecule has 19 heavy (non-hydrogen) atoms. The van der Waals surface area contributed by atoms with E-state index >= 15 is 0 Å². The van der Waals surface area contributed by atoms with Crippen LogP contribution in [0.25, 0.3) is 0 Å². The van der Waals surface area contributed by atoms with Gasteiger partial charge in [-0.15, -0.1) is 12.4 Å². The Hall–Kier alpha value is -0.770. The number of rotatable bonds is 4. The summed E-state index contributed by atoms with van der Waals surface area (Å²) in [6.07, 6.45) is 5.18. The second kappa shape index (κ2) is 7.73. The minimum Gasteiger partial charge on any atom is -0.508 e. The van der Waals surface area contributed by atoms with Gasteiger partial charge in [0.2, 0.25) is 0 Å². The van der Waals surface area contributed by atoms with E-state index in [1.165, 1.54) is 19.3 Å². The molecule has 0 aromatic heterocycles. The van der Waals surface area contributed by atoms with Crippen LogP contribution < -0.4 is 5.32 Å². The van der Waals surface area contributed by atoms with Gasteiger partial charge in [0.05, 0.1) is 6.10 Å². The summed E-state index contributed by atoms with van der Waals surface area (Å²) < 4.78 is 0. The molecule has 0 amide bonds. The first kappa shape index (κ1) is 16.3. The molecule has 1 aliphatic rings. The van der Waals surface area contributed by atoms with Crippen molar-refractivity contribution in [1.29, 1.82) is 0 Å². The Morgan fingerprint density at radius 1 is 1.37 bits per heavy atom. The molecule has 3 N–H and O–H groups in total. The first-order chi connectivity index (χ1) is 8.70. The first-order valence-electron chi connectivity index (χ1n) is 6.93. The number of aromatic hydroxyl groups is 1. The Bertz CT molecular complexity index is 384. The molecule has 2 rings (SSSR count). The van der Waals surface area contributed by atoms with Crippen molar-refractivity contribution in [2.75, 3.05) is 0 Å². The monoisotopic (exact) mass is 285 g/mol. The average molecular weight is 286 g/mol. The van der Waals surface area contributed by atoms with Crippen molar-refractivity contribution >= 4 is 12.4 Å². The number of aliphatic hydroxyl groups excluding tert-OH is 1. The van der Waals surface area contributed by atoms with Crippen LogP contribution in [0.4, 0.5) is 0 Å². The summed E-state index contributed by atoms with van der Waals surface area (Å²) in [5, 5.41) is 23.4. The highest BCUT2D eigenvalue weighted by molar-refractivity contribution is 5.85. The third-order valence-electron chi connectivity index (χ3n) is 3.75. The number of hydrogen-bond donors (Lipinski definition) is 3. The van der Waals surface area contributed by atoms with E-state index in [-0.39, 0.29) is 24.2 Å².